The van der Waals surface area contributed by atoms with E-state index in [0.29, 0.717) is 0 Å². The zero-order valence-electron chi connectivity index (χ0n) is 9.21. The highest BCUT2D eigenvalue weighted by Crippen LogP contribution is 2.26. The van der Waals surface area contributed by atoms with Crippen molar-refractivity contribution in [3.63, 3.8) is 0 Å². The predicted octanol–water partition coefficient (Wildman–Crippen LogP) is 2.87. The maximum atomic E-state index is 11.9. The van der Waals surface area contributed by atoms with E-state index < -0.39 is 34.8 Å². The van der Waals surface area contributed by atoms with Crippen LogP contribution in [0.4, 0.5) is 19.0 Å². The largest absolute Gasteiger partial charge is 0.389 e. The van der Waals surface area contributed by atoms with Crippen molar-refractivity contribution in [3.8, 4) is 0 Å². The van der Waals surface area contributed by atoms with Gasteiger partial charge >= 0.3 is 6.18 Å². The Morgan fingerprint density at radius 2 is 1.89 bits per heavy atom. The lowest BCUT2D eigenvalue weighted by Crippen LogP contribution is -2.19. The number of hydrogen-bond acceptors (Lipinski definition) is 4. The van der Waals surface area contributed by atoms with E-state index in [-0.39, 0.29) is 16.0 Å². The number of nitrogens with one attached hydrogen (secondary N) is 1. The van der Waals surface area contributed by atoms with E-state index >= 15 is 0 Å². The van der Waals surface area contributed by atoms with Gasteiger partial charge in [0.25, 0.3) is 0 Å². The summed E-state index contributed by atoms with van der Waals surface area (Å²) < 4.78 is 60.7. The molecule has 0 amide bonds. The molecule has 0 aliphatic carbocycles. The number of aromatic nitrogens is 2. The molecule has 1 aromatic heterocycles. The Bertz CT molecular complexity index is 551. The van der Waals surface area contributed by atoms with Crippen LogP contribution in [0, 0.1) is 0 Å². The first kappa shape index (κ1) is 16.3. The maximum absolute atomic E-state index is 11.9. The van der Waals surface area contributed by atoms with Gasteiger partial charge in [0.2, 0.25) is 10.0 Å². The van der Waals surface area contributed by atoms with Crippen LogP contribution in [-0.2, 0) is 10.0 Å². The average molecular weight is 338 g/mol. The number of alkyl halides is 3. The van der Waals surface area contributed by atoms with Crippen molar-refractivity contribution in [2.75, 3.05) is 10.5 Å². The highest BCUT2D eigenvalue weighted by Gasteiger charge is 2.27. The third-order valence-corrected chi connectivity index (χ3v) is 3.94. The second kappa shape index (κ2) is 6.10. The summed E-state index contributed by atoms with van der Waals surface area (Å²) in [6, 6.07) is 0. The Kier molecular flexibility index (Phi) is 5.22. The summed E-state index contributed by atoms with van der Waals surface area (Å²) in [5, 5.41) is -0.381. The van der Waals surface area contributed by atoms with E-state index in [2.05, 4.69) is 9.97 Å². The fourth-order valence-corrected chi connectivity index (χ4v) is 2.49. The highest BCUT2D eigenvalue weighted by molar-refractivity contribution is 7.92. The molecule has 1 aromatic rings. The molecule has 0 unspecified atom stereocenters. The van der Waals surface area contributed by atoms with Gasteiger partial charge in [-0.3, -0.25) is 4.72 Å². The number of nitrogens with zero attached hydrogens (tertiary/aromatic N) is 2. The van der Waals surface area contributed by atoms with Crippen molar-refractivity contribution in [2.45, 2.75) is 19.0 Å². The van der Waals surface area contributed by atoms with Crippen LogP contribution in [0.2, 0.25) is 10.2 Å². The van der Waals surface area contributed by atoms with Gasteiger partial charge in [-0.1, -0.05) is 23.2 Å². The summed E-state index contributed by atoms with van der Waals surface area (Å²) in [6.07, 6.45) is -5.17. The number of hydrogen-bond donors (Lipinski definition) is 1. The van der Waals surface area contributed by atoms with E-state index in [1.54, 1.807) is 0 Å². The quantitative estimate of drug-likeness (QED) is 0.838. The van der Waals surface area contributed by atoms with E-state index in [1.807, 2.05) is 4.72 Å². The first-order chi connectivity index (χ1) is 8.61. The third kappa shape index (κ3) is 5.79. The molecule has 1 rings (SSSR count). The van der Waals surface area contributed by atoms with Crippen molar-refractivity contribution in [3.05, 3.63) is 16.5 Å². The van der Waals surface area contributed by atoms with Crippen LogP contribution in [0.3, 0.4) is 0 Å². The lowest BCUT2D eigenvalue weighted by Gasteiger charge is -2.09. The summed E-state index contributed by atoms with van der Waals surface area (Å²) in [5.74, 6) is -0.974. The Balaban J connectivity index is 2.67. The normalized spacial score (nSPS) is 12.5. The average Bonchev–Trinajstić information content (AvgIpc) is 2.22. The number of anilines is 1. The number of rotatable bonds is 5. The van der Waals surface area contributed by atoms with Crippen molar-refractivity contribution in [1.29, 1.82) is 0 Å². The van der Waals surface area contributed by atoms with Crippen molar-refractivity contribution >= 4 is 39.0 Å². The Morgan fingerprint density at radius 1 is 1.26 bits per heavy atom. The Morgan fingerprint density at radius 3 is 2.47 bits per heavy atom. The molecule has 0 aromatic carbocycles. The Labute approximate surface area is 117 Å². The molecule has 0 saturated carbocycles. The summed E-state index contributed by atoms with van der Waals surface area (Å²) in [5.41, 5.74) is 0. The predicted molar refractivity (Wildman–Crippen MR) is 64.8 cm³/mol. The van der Waals surface area contributed by atoms with Crippen molar-refractivity contribution in [2.24, 2.45) is 0 Å². The SMILES string of the molecule is O=S(=O)(CCCC(F)(F)F)Nc1ncnc(Cl)c1Cl. The summed E-state index contributed by atoms with van der Waals surface area (Å²) >= 11 is 11.2. The molecule has 1 N–H and O–H groups in total. The van der Waals surface area contributed by atoms with Crippen LogP contribution < -0.4 is 4.72 Å². The molecule has 108 valence electrons. The van der Waals surface area contributed by atoms with Crippen molar-refractivity contribution in [1.82, 2.24) is 9.97 Å². The van der Waals surface area contributed by atoms with Gasteiger partial charge in [-0.2, -0.15) is 13.2 Å². The molecule has 19 heavy (non-hydrogen) atoms. The van der Waals surface area contributed by atoms with E-state index in [9.17, 15) is 21.6 Å². The lowest BCUT2D eigenvalue weighted by atomic mass is 10.3. The monoisotopic (exact) mass is 337 g/mol. The second-order valence-electron chi connectivity index (χ2n) is 3.47. The Hall–Kier alpha value is -0.800. The lowest BCUT2D eigenvalue weighted by molar-refractivity contribution is -0.134. The number of halogens is 5. The second-order valence-corrected chi connectivity index (χ2v) is 6.04. The van der Waals surface area contributed by atoms with Crippen LogP contribution in [0.1, 0.15) is 12.8 Å². The molecule has 1 heterocycles. The smallest absolute Gasteiger partial charge is 0.266 e. The molecule has 0 aliphatic rings. The van der Waals surface area contributed by atoms with E-state index in [1.165, 1.54) is 0 Å². The summed E-state index contributed by atoms with van der Waals surface area (Å²) in [7, 11) is -3.98. The fourth-order valence-electron chi connectivity index (χ4n) is 1.08. The minimum Gasteiger partial charge on any atom is -0.266 e. The minimum atomic E-state index is -4.40. The van der Waals surface area contributed by atoms with Gasteiger partial charge in [0.05, 0.1) is 5.75 Å². The zero-order chi connectivity index (χ0) is 14.7. The molecule has 5 nitrogen and oxygen atoms in total. The van der Waals surface area contributed by atoms with Gasteiger partial charge in [0.1, 0.15) is 11.3 Å². The molecule has 0 fully saturated rings. The third-order valence-electron chi connectivity index (χ3n) is 1.87. The van der Waals surface area contributed by atoms with Crippen LogP contribution >= 0.6 is 23.2 Å². The summed E-state index contributed by atoms with van der Waals surface area (Å²) in [4.78, 5) is 7.04. The van der Waals surface area contributed by atoms with E-state index in [0.717, 1.165) is 6.33 Å². The van der Waals surface area contributed by atoms with Gasteiger partial charge in [-0.15, -0.1) is 0 Å². The molecular weight excluding hydrogens is 330 g/mol. The molecular formula is C8H8Cl2F3N3O2S. The van der Waals surface area contributed by atoms with Crippen LogP contribution in [0.25, 0.3) is 0 Å². The highest BCUT2D eigenvalue weighted by atomic mass is 35.5. The van der Waals surface area contributed by atoms with Gasteiger partial charge in [-0.05, 0) is 6.42 Å². The first-order valence-electron chi connectivity index (χ1n) is 4.84. The van der Waals surface area contributed by atoms with Gasteiger partial charge in [0, 0.05) is 6.42 Å². The van der Waals surface area contributed by atoms with E-state index in [4.69, 9.17) is 23.2 Å². The molecule has 0 spiro atoms. The van der Waals surface area contributed by atoms with Crippen LogP contribution in [0.15, 0.2) is 6.33 Å². The molecule has 0 saturated heterocycles. The van der Waals surface area contributed by atoms with Gasteiger partial charge in [-0.25, -0.2) is 18.4 Å². The van der Waals surface area contributed by atoms with Crippen LogP contribution in [-0.4, -0.2) is 30.3 Å². The molecule has 0 aliphatic heterocycles. The van der Waals surface area contributed by atoms with Crippen LogP contribution in [0.5, 0.6) is 0 Å². The van der Waals surface area contributed by atoms with Gasteiger partial charge < -0.3 is 0 Å². The standard InChI is InChI=1S/C8H8Cl2F3N3O2S/c9-5-6(10)14-4-15-7(5)16-19(17,18)3-1-2-8(11,12)13/h4H,1-3H2,(H,14,15,16). The maximum Gasteiger partial charge on any atom is 0.389 e. The molecule has 0 atom stereocenters. The molecule has 11 heteroatoms. The molecule has 0 radical (unpaired) electrons. The topological polar surface area (TPSA) is 72.0 Å². The van der Waals surface area contributed by atoms with Gasteiger partial charge in [0.15, 0.2) is 11.0 Å². The van der Waals surface area contributed by atoms with Crippen molar-refractivity contribution < 1.29 is 21.6 Å². The zero-order valence-corrected chi connectivity index (χ0v) is 11.5. The fraction of sp³-hybridized carbons (Fsp3) is 0.500. The minimum absolute atomic E-state index is 0.162. The summed E-state index contributed by atoms with van der Waals surface area (Å²) in [6.45, 7) is 0. The molecule has 0 bridgehead atoms. The number of sulfonamides is 1. The first-order valence-corrected chi connectivity index (χ1v) is 7.25.